The lowest BCUT2D eigenvalue weighted by Gasteiger charge is -2.23. The predicted octanol–water partition coefficient (Wildman–Crippen LogP) is 2.85. The molecule has 0 saturated heterocycles. The van der Waals surface area contributed by atoms with Crippen LogP contribution >= 0.6 is 0 Å². The molecule has 1 aliphatic rings. The number of benzene rings is 2. The minimum Gasteiger partial charge on any atom is -0.486 e. The molecule has 1 atom stereocenters. The van der Waals surface area contributed by atoms with Gasteiger partial charge < -0.3 is 14.8 Å². The molecular weight excluding hydrogens is 399 g/mol. The number of ether oxygens (including phenoxy) is 2. The zero-order valence-corrected chi connectivity index (χ0v) is 17.2. The normalized spacial score (nSPS) is 14.5. The highest BCUT2D eigenvalue weighted by atomic mass is 32.2. The number of amides is 1. The van der Waals surface area contributed by atoms with Crippen molar-refractivity contribution in [1.29, 1.82) is 0 Å². The molecule has 29 heavy (non-hydrogen) atoms. The van der Waals surface area contributed by atoms with Crippen molar-refractivity contribution in [2.24, 2.45) is 5.92 Å². The largest absolute Gasteiger partial charge is 0.486 e. The molecule has 1 aliphatic heterocycles. The second-order valence-electron chi connectivity index (χ2n) is 7.10. The Hall–Kier alpha value is -2.65. The van der Waals surface area contributed by atoms with Crippen molar-refractivity contribution >= 4 is 21.6 Å². The van der Waals surface area contributed by atoms with Crippen molar-refractivity contribution in [3.63, 3.8) is 0 Å². The van der Waals surface area contributed by atoms with Gasteiger partial charge in [-0.05, 0) is 42.7 Å². The van der Waals surface area contributed by atoms with Crippen molar-refractivity contribution < 1.29 is 27.1 Å². The van der Waals surface area contributed by atoms with Crippen LogP contribution in [-0.4, -0.2) is 33.6 Å². The molecule has 0 spiro atoms. The predicted molar refractivity (Wildman–Crippen MR) is 106 cm³/mol. The van der Waals surface area contributed by atoms with E-state index in [-0.39, 0.29) is 10.8 Å². The van der Waals surface area contributed by atoms with E-state index >= 15 is 0 Å². The number of anilines is 1. The van der Waals surface area contributed by atoms with E-state index in [1.54, 1.807) is 20.8 Å². The number of hydrogen-bond acceptors (Lipinski definition) is 5. The van der Waals surface area contributed by atoms with Crippen LogP contribution in [0.4, 0.5) is 10.1 Å². The highest BCUT2D eigenvalue weighted by Crippen LogP contribution is 2.32. The summed E-state index contributed by atoms with van der Waals surface area (Å²) in [6.45, 7) is 5.88. The van der Waals surface area contributed by atoms with Gasteiger partial charge in [0.25, 0.3) is 0 Å². The van der Waals surface area contributed by atoms with Crippen molar-refractivity contribution in [3.05, 3.63) is 47.8 Å². The van der Waals surface area contributed by atoms with Gasteiger partial charge in [0.15, 0.2) is 11.5 Å². The third-order valence-corrected chi connectivity index (χ3v) is 5.95. The van der Waals surface area contributed by atoms with Gasteiger partial charge in [-0.3, -0.25) is 4.79 Å². The number of nitrogens with one attached hydrogen (secondary N) is 2. The second-order valence-corrected chi connectivity index (χ2v) is 8.81. The van der Waals surface area contributed by atoms with Gasteiger partial charge in [0.1, 0.15) is 25.1 Å². The highest BCUT2D eigenvalue weighted by molar-refractivity contribution is 7.89. The van der Waals surface area contributed by atoms with Crippen LogP contribution in [-0.2, 0) is 14.8 Å². The smallest absolute Gasteiger partial charge is 0.242 e. The number of rotatable bonds is 6. The molecular formula is C20H23FN2O5S. The summed E-state index contributed by atoms with van der Waals surface area (Å²) >= 11 is 0. The van der Waals surface area contributed by atoms with Gasteiger partial charge in [0.05, 0.1) is 4.90 Å². The van der Waals surface area contributed by atoms with Gasteiger partial charge in [-0.25, -0.2) is 12.8 Å². The zero-order chi connectivity index (χ0) is 21.2. The molecule has 0 aromatic heterocycles. The van der Waals surface area contributed by atoms with Crippen LogP contribution in [0.15, 0.2) is 41.3 Å². The maximum absolute atomic E-state index is 13.5. The number of fused-ring (bicyclic) bond motifs is 1. The van der Waals surface area contributed by atoms with E-state index in [9.17, 15) is 17.6 Å². The maximum Gasteiger partial charge on any atom is 0.242 e. The standard InChI is InChI=1S/C20H23FN2O5S/c1-12(2)19(20(24)22-16-10-14(21)5-4-13(16)3)23-29(25,26)15-6-7-17-18(11-15)28-9-8-27-17/h4-7,10-12,19,23H,8-9H2,1-3H3,(H,22,24)/t19-/m1/s1. The molecule has 2 aromatic rings. The molecule has 1 amide bonds. The minimum absolute atomic E-state index is 0.0397. The number of carbonyl (C=O) groups is 1. The lowest BCUT2D eigenvalue weighted by atomic mass is 10.0. The number of hydrogen-bond donors (Lipinski definition) is 2. The fourth-order valence-corrected chi connectivity index (χ4v) is 4.22. The molecule has 9 heteroatoms. The summed E-state index contributed by atoms with van der Waals surface area (Å²) in [6, 6.07) is 7.23. The van der Waals surface area contributed by atoms with Crippen LogP contribution in [0, 0.1) is 18.7 Å². The average Bonchev–Trinajstić information content (AvgIpc) is 2.68. The van der Waals surface area contributed by atoms with Crippen LogP contribution in [0.1, 0.15) is 19.4 Å². The summed E-state index contributed by atoms with van der Waals surface area (Å²) in [4.78, 5) is 12.7. The van der Waals surface area contributed by atoms with E-state index < -0.39 is 27.8 Å². The fraction of sp³-hybridized carbons (Fsp3) is 0.350. The van der Waals surface area contributed by atoms with Crippen molar-refractivity contribution in [1.82, 2.24) is 4.72 Å². The van der Waals surface area contributed by atoms with Crippen LogP contribution in [0.25, 0.3) is 0 Å². The average molecular weight is 422 g/mol. The topological polar surface area (TPSA) is 93.7 Å². The minimum atomic E-state index is -4.01. The van der Waals surface area contributed by atoms with Crippen molar-refractivity contribution in [2.75, 3.05) is 18.5 Å². The van der Waals surface area contributed by atoms with E-state index in [1.807, 2.05) is 0 Å². The molecule has 0 unspecified atom stereocenters. The number of aryl methyl sites for hydroxylation is 1. The summed E-state index contributed by atoms with van der Waals surface area (Å²) < 4.78 is 52.5. The van der Waals surface area contributed by atoms with E-state index in [2.05, 4.69) is 10.0 Å². The van der Waals surface area contributed by atoms with E-state index in [4.69, 9.17) is 9.47 Å². The van der Waals surface area contributed by atoms with Gasteiger partial charge in [-0.2, -0.15) is 4.72 Å². The highest BCUT2D eigenvalue weighted by Gasteiger charge is 2.29. The van der Waals surface area contributed by atoms with Gasteiger partial charge in [0, 0.05) is 11.8 Å². The Labute approximate surface area is 169 Å². The molecule has 3 rings (SSSR count). The maximum atomic E-state index is 13.5. The van der Waals surface area contributed by atoms with Crippen LogP contribution in [0.5, 0.6) is 11.5 Å². The molecule has 0 bridgehead atoms. The van der Waals surface area contributed by atoms with E-state index in [0.717, 1.165) is 0 Å². The zero-order valence-electron chi connectivity index (χ0n) is 16.4. The monoisotopic (exact) mass is 422 g/mol. The molecule has 0 fully saturated rings. The number of sulfonamides is 1. The first-order chi connectivity index (χ1) is 13.7. The number of carbonyl (C=O) groups excluding carboxylic acids is 1. The molecule has 7 nitrogen and oxygen atoms in total. The van der Waals surface area contributed by atoms with Gasteiger partial charge >= 0.3 is 0 Å². The summed E-state index contributed by atoms with van der Waals surface area (Å²) in [5.41, 5.74) is 0.955. The number of halogens is 1. The Bertz CT molecular complexity index is 1020. The lowest BCUT2D eigenvalue weighted by Crippen LogP contribution is -2.47. The third kappa shape index (κ3) is 4.86. The Balaban J connectivity index is 1.82. The van der Waals surface area contributed by atoms with Gasteiger partial charge in [-0.15, -0.1) is 0 Å². The van der Waals surface area contributed by atoms with Crippen molar-refractivity contribution in [3.8, 4) is 11.5 Å². The Morgan fingerprint density at radius 1 is 1.07 bits per heavy atom. The third-order valence-electron chi connectivity index (χ3n) is 4.51. The Morgan fingerprint density at radius 2 is 1.76 bits per heavy atom. The molecule has 1 heterocycles. The first kappa shape index (κ1) is 21.1. The Morgan fingerprint density at radius 3 is 2.45 bits per heavy atom. The second kappa shape index (κ2) is 8.38. The molecule has 2 aromatic carbocycles. The molecule has 0 radical (unpaired) electrons. The summed E-state index contributed by atoms with van der Waals surface area (Å²) in [6.07, 6.45) is 0. The first-order valence-corrected chi connectivity index (χ1v) is 10.6. The molecule has 2 N–H and O–H groups in total. The van der Waals surface area contributed by atoms with Crippen LogP contribution in [0.2, 0.25) is 0 Å². The summed E-state index contributed by atoms with van der Waals surface area (Å²) in [5.74, 6) is -0.621. The fourth-order valence-electron chi connectivity index (χ4n) is 2.86. The van der Waals surface area contributed by atoms with Crippen molar-refractivity contribution in [2.45, 2.75) is 31.7 Å². The first-order valence-electron chi connectivity index (χ1n) is 9.16. The van der Waals surface area contributed by atoms with Crippen LogP contribution in [0.3, 0.4) is 0 Å². The van der Waals surface area contributed by atoms with E-state index in [0.29, 0.717) is 36.0 Å². The Kier molecular flexibility index (Phi) is 6.09. The quantitative estimate of drug-likeness (QED) is 0.747. The van der Waals surface area contributed by atoms with Crippen LogP contribution < -0.4 is 19.5 Å². The summed E-state index contributed by atoms with van der Waals surface area (Å²) in [5, 5.41) is 2.61. The van der Waals surface area contributed by atoms with Gasteiger partial charge in [0.2, 0.25) is 15.9 Å². The molecule has 0 aliphatic carbocycles. The van der Waals surface area contributed by atoms with Gasteiger partial charge in [-0.1, -0.05) is 19.9 Å². The lowest BCUT2D eigenvalue weighted by molar-refractivity contribution is -0.118. The van der Waals surface area contributed by atoms with E-state index in [1.165, 1.54) is 36.4 Å². The molecule has 0 saturated carbocycles. The summed E-state index contributed by atoms with van der Waals surface area (Å²) in [7, 11) is -4.01. The molecule has 156 valence electrons. The SMILES string of the molecule is Cc1ccc(F)cc1NC(=O)[C@H](NS(=O)(=O)c1ccc2c(c1)OCCO2)C(C)C.